The fourth-order valence-electron chi connectivity index (χ4n) is 1.16. The Balaban J connectivity index is 2.37. The number of aromatic nitrogens is 3. The van der Waals surface area contributed by atoms with Crippen LogP contribution in [0.1, 0.15) is 5.82 Å². The summed E-state index contributed by atoms with van der Waals surface area (Å²) in [5.74, 6) is -0.679. The molecule has 1 aliphatic heterocycles. The predicted octanol–water partition coefficient (Wildman–Crippen LogP) is -1.26. The molecule has 1 fully saturated rings. The molecule has 4 N–H and O–H groups in total. The summed E-state index contributed by atoms with van der Waals surface area (Å²) >= 11 is 0. The molecule has 1 aliphatic rings. The van der Waals surface area contributed by atoms with E-state index in [0.717, 1.165) is 0 Å². The van der Waals surface area contributed by atoms with Crippen LogP contribution in [-0.4, -0.2) is 39.5 Å². The molecule has 2 heterocycles. The maximum Gasteiger partial charge on any atom is 0.322 e. The maximum atomic E-state index is 10.9. The SMILES string of the molecule is Nc1n[nH]c(C2(C(=O)O)COC2)n1. The number of aliphatic carboxylic acids is 1. The van der Waals surface area contributed by atoms with E-state index in [9.17, 15) is 4.79 Å². The molecule has 0 atom stereocenters. The summed E-state index contributed by atoms with van der Waals surface area (Å²) in [4.78, 5) is 14.7. The lowest BCUT2D eigenvalue weighted by Gasteiger charge is -2.34. The minimum Gasteiger partial charge on any atom is -0.480 e. The third kappa shape index (κ3) is 0.970. The Labute approximate surface area is 72.9 Å². The van der Waals surface area contributed by atoms with Gasteiger partial charge >= 0.3 is 5.97 Å². The van der Waals surface area contributed by atoms with Gasteiger partial charge in [-0.25, -0.2) is 0 Å². The van der Waals surface area contributed by atoms with Gasteiger partial charge in [0.1, 0.15) is 5.82 Å². The number of rotatable bonds is 2. The number of ether oxygens (including phenoxy) is 1. The molecule has 7 heteroatoms. The highest BCUT2D eigenvalue weighted by molar-refractivity contribution is 5.81. The monoisotopic (exact) mass is 184 g/mol. The third-order valence-corrected chi connectivity index (χ3v) is 2.06. The molecule has 0 radical (unpaired) electrons. The van der Waals surface area contributed by atoms with Crippen molar-refractivity contribution in [3.8, 4) is 0 Å². The largest absolute Gasteiger partial charge is 0.480 e. The molecule has 13 heavy (non-hydrogen) atoms. The second-order valence-corrected chi connectivity index (χ2v) is 2.92. The summed E-state index contributed by atoms with van der Waals surface area (Å²) in [5.41, 5.74) is 4.19. The zero-order valence-electron chi connectivity index (χ0n) is 6.65. The standard InChI is InChI=1S/C6H8N4O3/c7-5-8-3(9-10-5)6(4(11)12)1-13-2-6/h1-2H2,(H,11,12)(H3,7,8,9,10). The van der Waals surface area contributed by atoms with Crippen LogP contribution < -0.4 is 5.73 Å². The Kier molecular flexibility index (Phi) is 1.49. The fourth-order valence-corrected chi connectivity index (χ4v) is 1.16. The molecule has 1 aromatic heterocycles. The molecule has 0 aromatic carbocycles. The number of anilines is 1. The fraction of sp³-hybridized carbons (Fsp3) is 0.500. The number of hydrogen-bond donors (Lipinski definition) is 3. The summed E-state index contributed by atoms with van der Waals surface area (Å²) in [6.45, 7) is 0.216. The number of nitrogens with one attached hydrogen (secondary N) is 1. The van der Waals surface area contributed by atoms with Gasteiger partial charge in [0.15, 0.2) is 5.41 Å². The summed E-state index contributed by atoms with van der Waals surface area (Å²) in [5, 5.41) is 15.0. The van der Waals surface area contributed by atoms with Crippen molar-refractivity contribution < 1.29 is 14.6 Å². The van der Waals surface area contributed by atoms with Crippen molar-refractivity contribution in [1.29, 1.82) is 0 Å². The number of carbonyl (C=O) groups is 1. The van der Waals surface area contributed by atoms with E-state index >= 15 is 0 Å². The first-order chi connectivity index (χ1) is 6.15. The Morgan fingerprint density at radius 3 is 2.69 bits per heavy atom. The summed E-state index contributed by atoms with van der Waals surface area (Å²) in [6, 6.07) is 0. The highest BCUT2D eigenvalue weighted by atomic mass is 16.5. The van der Waals surface area contributed by atoms with Crippen LogP contribution in [0.15, 0.2) is 0 Å². The quantitative estimate of drug-likeness (QED) is 0.528. The Morgan fingerprint density at radius 2 is 2.38 bits per heavy atom. The van der Waals surface area contributed by atoms with Gasteiger partial charge in [-0.2, -0.15) is 4.98 Å². The minimum absolute atomic E-state index is 0.0440. The van der Waals surface area contributed by atoms with E-state index in [2.05, 4.69) is 15.2 Å². The van der Waals surface area contributed by atoms with Crippen LogP contribution in [0.3, 0.4) is 0 Å². The Morgan fingerprint density at radius 1 is 1.69 bits per heavy atom. The minimum atomic E-state index is -1.08. The van der Waals surface area contributed by atoms with E-state index in [4.69, 9.17) is 15.6 Å². The average molecular weight is 184 g/mol. The molecule has 2 rings (SSSR count). The van der Waals surface area contributed by atoms with Gasteiger partial charge in [-0.1, -0.05) is 0 Å². The zero-order chi connectivity index (χ0) is 9.47. The van der Waals surface area contributed by atoms with Gasteiger partial charge in [-0.05, 0) is 0 Å². The Hall–Kier alpha value is -1.63. The third-order valence-electron chi connectivity index (χ3n) is 2.06. The van der Waals surface area contributed by atoms with Crippen LogP contribution in [0.5, 0.6) is 0 Å². The van der Waals surface area contributed by atoms with Crippen molar-refractivity contribution >= 4 is 11.9 Å². The lowest BCUT2D eigenvalue weighted by molar-refractivity contribution is -0.164. The number of aromatic amines is 1. The number of nitrogens with two attached hydrogens (primary N) is 1. The number of carboxylic acid groups (broad SMARTS) is 1. The van der Waals surface area contributed by atoms with Gasteiger partial charge in [0, 0.05) is 0 Å². The van der Waals surface area contributed by atoms with Crippen molar-refractivity contribution in [3.05, 3.63) is 5.82 Å². The maximum absolute atomic E-state index is 10.9. The van der Waals surface area contributed by atoms with E-state index in [1.54, 1.807) is 0 Å². The first-order valence-corrected chi connectivity index (χ1v) is 3.65. The topological polar surface area (TPSA) is 114 Å². The first-order valence-electron chi connectivity index (χ1n) is 3.65. The molecule has 0 bridgehead atoms. The molecule has 1 aromatic rings. The van der Waals surface area contributed by atoms with Crippen molar-refractivity contribution in [2.75, 3.05) is 18.9 Å². The van der Waals surface area contributed by atoms with Crippen molar-refractivity contribution in [3.63, 3.8) is 0 Å². The zero-order valence-corrected chi connectivity index (χ0v) is 6.65. The van der Waals surface area contributed by atoms with E-state index in [-0.39, 0.29) is 25.0 Å². The molecule has 0 aliphatic carbocycles. The van der Waals surface area contributed by atoms with E-state index in [0.29, 0.717) is 0 Å². The number of nitrogen functional groups attached to an aromatic ring is 1. The van der Waals surface area contributed by atoms with Crippen molar-refractivity contribution in [2.45, 2.75) is 5.41 Å². The summed E-state index contributed by atoms with van der Waals surface area (Å²) in [7, 11) is 0. The van der Waals surface area contributed by atoms with Crippen molar-refractivity contribution in [1.82, 2.24) is 15.2 Å². The molecule has 0 spiro atoms. The van der Waals surface area contributed by atoms with Crippen LogP contribution in [0.25, 0.3) is 0 Å². The summed E-state index contributed by atoms with van der Waals surface area (Å²) < 4.78 is 4.85. The van der Waals surface area contributed by atoms with Crippen LogP contribution in [0.4, 0.5) is 5.95 Å². The number of hydrogen-bond acceptors (Lipinski definition) is 5. The highest BCUT2D eigenvalue weighted by Crippen LogP contribution is 2.30. The first kappa shape index (κ1) is 7.99. The van der Waals surface area contributed by atoms with E-state index in [1.807, 2.05) is 0 Å². The van der Waals surface area contributed by atoms with Gasteiger partial charge in [-0.15, -0.1) is 5.10 Å². The number of nitrogens with zero attached hydrogens (tertiary/aromatic N) is 2. The van der Waals surface area contributed by atoms with E-state index in [1.165, 1.54) is 0 Å². The van der Waals surface area contributed by atoms with Gasteiger partial charge in [0.2, 0.25) is 5.95 Å². The molecule has 0 saturated carbocycles. The van der Waals surface area contributed by atoms with Crippen LogP contribution in [-0.2, 0) is 14.9 Å². The van der Waals surface area contributed by atoms with Gasteiger partial charge in [0.05, 0.1) is 13.2 Å². The molecule has 0 amide bonds. The van der Waals surface area contributed by atoms with Crippen molar-refractivity contribution in [2.24, 2.45) is 0 Å². The van der Waals surface area contributed by atoms with Crippen LogP contribution in [0.2, 0.25) is 0 Å². The molecular formula is C6H8N4O3. The smallest absolute Gasteiger partial charge is 0.322 e. The number of H-pyrrole nitrogens is 1. The molecule has 1 saturated heterocycles. The second kappa shape index (κ2) is 2.43. The average Bonchev–Trinajstić information content (AvgIpc) is 2.32. The lowest BCUT2D eigenvalue weighted by Crippen LogP contribution is -2.53. The van der Waals surface area contributed by atoms with Gasteiger partial charge in [0.25, 0.3) is 0 Å². The van der Waals surface area contributed by atoms with Crippen LogP contribution >= 0.6 is 0 Å². The van der Waals surface area contributed by atoms with Gasteiger partial charge in [-0.3, -0.25) is 9.89 Å². The molecule has 7 nitrogen and oxygen atoms in total. The Bertz CT molecular complexity index is 343. The number of carboxylic acids is 1. The lowest BCUT2D eigenvalue weighted by atomic mass is 9.85. The summed E-state index contributed by atoms with van der Waals surface area (Å²) in [6.07, 6.45) is 0. The molecule has 0 unspecified atom stereocenters. The van der Waals surface area contributed by atoms with Gasteiger partial charge < -0.3 is 15.6 Å². The predicted molar refractivity (Wildman–Crippen MR) is 40.9 cm³/mol. The molecule has 70 valence electrons. The second-order valence-electron chi connectivity index (χ2n) is 2.92. The highest BCUT2D eigenvalue weighted by Gasteiger charge is 2.50. The van der Waals surface area contributed by atoms with Crippen LogP contribution in [0, 0.1) is 0 Å². The molecular weight excluding hydrogens is 176 g/mol. The normalized spacial score (nSPS) is 19.4. The van der Waals surface area contributed by atoms with E-state index < -0.39 is 11.4 Å².